The molecule has 0 aromatic rings. The van der Waals surface area contributed by atoms with Gasteiger partial charge in [0.2, 0.25) is 0 Å². The highest BCUT2D eigenvalue weighted by atomic mass is 15.3. The second-order valence-corrected chi connectivity index (χ2v) is 4.69. The van der Waals surface area contributed by atoms with Crippen LogP contribution in [0.25, 0.3) is 0 Å². The van der Waals surface area contributed by atoms with Crippen molar-refractivity contribution in [2.75, 3.05) is 14.1 Å². The second kappa shape index (κ2) is 5.50. The summed E-state index contributed by atoms with van der Waals surface area (Å²) in [4.78, 5) is 2.30. The van der Waals surface area contributed by atoms with Crippen molar-refractivity contribution in [3.8, 4) is 12.3 Å². The van der Waals surface area contributed by atoms with E-state index in [0.29, 0.717) is 6.42 Å². The Morgan fingerprint density at radius 2 is 2.00 bits per heavy atom. The van der Waals surface area contributed by atoms with Gasteiger partial charge in [0.1, 0.15) is 0 Å². The molecular formula is C12H23N3. The van der Waals surface area contributed by atoms with E-state index in [4.69, 9.17) is 12.3 Å². The minimum atomic E-state index is 0.152. The van der Waals surface area contributed by atoms with Gasteiger partial charge in [-0.15, -0.1) is 12.3 Å². The van der Waals surface area contributed by atoms with E-state index in [1.165, 1.54) is 32.1 Å². The standard InChI is InChI=1S/C12H23N3/c1-4-8-11(14-13)12(15(2)3)9-6-5-7-10-12/h1,11,14H,5-10,13H2,2-3H3. The zero-order valence-electron chi connectivity index (χ0n) is 9.92. The minimum absolute atomic E-state index is 0.152. The molecule has 0 heterocycles. The van der Waals surface area contributed by atoms with E-state index in [-0.39, 0.29) is 11.6 Å². The van der Waals surface area contributed by atoms with Crippen LogP contribution in [-0.4, -0.2) is 30.6 Å². The fourth-order valence-corrected chi connectivity index (χ4v) is 2.79. The van der Waals surface area contributed by atoms with Gasteiger partial charge in [-0.05, 0) is 26.9 Å². The zero-order valence-corrected chi connectivity index (χ0v) is 9.92. The summed E-state index contributed by atoms with van der Waals surface area (Å²) in [7, 11) is 4.26. The summed E-state index contributed by atoms with van der Waals surface area (Å²) in [6, 6.07) is 0.206. The number of hydrogen-bond donors (Lipinski definition) is 2. The molecule has 0 spiro atoms. The predicted octanol–water partition coefficient (Wildman–Crippen LogP) is 1.11. The van der Waals surface area contributed by atoms with Crippen LogP contribution in [0.3, 0.4) is 0 Å². The molecule has 1 rings (SSSR count). The average molecular weight is 209 g/mol. The first-order valence-corrected chi connectivity index (χ1v) is 5.74. The van der Waals surface area contributed by atoms with Crippen LogP contribution in [0.4, 0.5) is 0 Å². The lowest BCUT2D eigenvalue weighted by Gasteiger charge is -2.47. The van der Waals surface area contributed by atoms with Crippen molar-refractivity contribution in [2.24, 2.45) is 5.84 Å². The highest BCUT2D eigenvalue weighted by Gasteiger charge is 2.40. The number of nitrogens with two attached hydrogens (primary N) is 1. The second-order valence-electron chi connectivity index (χ2n) is 4.69. The molecule has 0 aromatic heterocycles. The number of rotatable bonds is 4. The molecule has 0 aliphatic heterocycles. The average Bonchev–Trinajstić information content (AvgIpc) is 2.26. The Balaban J connectivity index is 2.82. The van der Waals surface area contributed by atoms with Gasteiger partial charge in [0.25, 0.3) is 0 Å². The molecule has 1 fully saturated rings. The van der Waals surface area contributed by atoms with E-state index in [0.717, 1.165) is 0 Å². The van der Waals surface area contributed by atoms with Crippen LogP contribution in [-0.2, 0) is 0 Å². The van der Waals surface area contributed by atoms with Crippen LogP contribution in [0.15, 0.2) is 0 Å². The smallest absolute Gasteiger partial charge is 0.0503 e. The molecule has 1 aliphatic carbocycles. The third-order valence-electron chi connectivity index (χ3n) is 3.78. The highest BCUT2D eigenvalue weighted by molar-refractivity contribution is 5.04. The lowest BCUT2D eigenvalue weighted by molar-refractivity contribution is 0.0587. The molecule has 0 amide bonds. The third kappa shape index (κ3) is 2.52. The fraction of sp³-hybridized carbons (Fsp3) is 0.833. The summed E-state index contributed by atoms with van der Waals surface area (Å²) in [5.41, 5.74) is 3.06. The van der Waals surface area contributed by atoms with Gasteiger partial charge in [-0.25, -0.2) is 0 Å². The van der Waals surface area contributed by atoms with Crippen molar-refractivity contribution < 1.29 is 0 Å². The topological polar surface area (TPSA) is 41.3 Å². The highest BCUT2D eigenvalue weighted by Crippen LogP contribution is 2.35. The maximum Gasteiger partial charge on any atom is 0.0503 e. The fourth-order valence-electron chi connectivity index (χ4n) is 2.79. The van der Waals surface area contributed by atoms with Gasteiger partial charge < -0.3 is 4.90 Å². The third-order valence-corrected chi connectivity index (χ3v) is 3.78. The molecule has 3 heteroatoms. The Hall–Kier alpha value is -0.560. The molecule has 0 radical (unpaired) electrons. The number of hydrogen-bond acceptors (Lipinski definition) is 3. The summed E-state index contributed by atoms with van der Waals surface area (Å²) >= 11 is 0. The molecule has 15 heavy (non-hydrogen) atoms. The lowest BCUT2D eigenvalue weighted by atomic mass is 9.74. The molecule has 86 valence electrons. The van der Waals surface area contributed by atoms with Gasteiger partial charge in [-0.2, -0.15) is 0 Å². The van der Waals surface area contributed by atoms with Crippen LogP contribution in [0.2, 0.25) is 0 Å². The van der Waals surface area contributed by atoms with E-state index < -0.39 is 0 Å². The van der Waals surface area contributed by atoms with Crippen LogP contribution < -0.4 is 11.3 Å². The first kappa shape index (κ1) is 12.5. The summed E-state index contributed by atoms with van der Waals surface area (Å²) in [5, 5.41) is 0. The van der Waals surface area contributed by atoms with E-state index in [2.05, 4.69) is 30.3 Å². The minimum Gasteiger partial charge on any atom is -0.302 e. The molecule has 1 aliphatic rings. The van der Waals surface area contributed by atoms with Crippen LogP contribution >= 0.6 is 0 Å². The van der Waals surface area contributed by atoms with Crippen molar-refractivity contribution in [1.29, 1.82) is 0 Å². The van der Waals surface area contributed by atoms with Gasteiger partial charge in [0.05, 0.1) is 6.04 Å². The number of nitrogens with zero attached hydrogens (tertiary/aromatic N) is 1. The molecule has 0 bridgehead atoms. The number of terminal acetylenes is 1. The van der Waals surface area contributed by atoms with E-state index in [1.807, 2.05) is 0 Å². The van der Waals surface area contributed by atoms with Crippen molar-refractivity contribution in [3.05, 3.63) is 0 Å². The van der Waals surface area contributed by atoms with E-state index in [1.54, 1.807) is 0 Å². The monoisotopic (exact) mass is 209 g/mol. The number of hydrazine groups is 1. The molecule has 1 atom stereocenters. The zero-order chi connectivity index (χ0) is 11.3. The molecule has 3 nitrogen and oxygen atoms in total. The van der Waals surface area contributed by atoms with Crippen molar-refractivity contribution >= 4 is 0 Å². The van der Waals surface area contributed by atoms with Gasteiger partial charge in [0.15, 0.2) is 0 Å². The maximum atomic E-state index is 5.64. The first-order valence-electron chi connectivity index (χ1n) is 5.74. The van der Waals surface area contributed by atoms with Crippen molar-refractivity contribution in [2.45, 2.75) is 50.1 Å². The number of nitrogens with one attached hydrogen (secondary N) is 1. The van der Waals surface area contributed by atoms with Gasteiger partial charge >= 0.3 is 0 Å². The largest absolute Gasteiger partial charge is 0.302 e. The molecule has 0 saturated heterocycles. The Labute approximate surface area is 93.4 Å². The summed E-state index contributed by atoms with van der Waals surface area (Å²) in [6.45, 7) is 0. The Morgan fingerprint density at radius 1 is 1.40 bits per heavy atom. The van der Waals surface area contributed by atoms with Gasteiger partial charge in [0, 0.05) is 12.0 Å². The first-order chi connectivity index (χ1) is 7.17. The van der Waals surface area contributed by atoms with E-state index in [9.17, 15) is 0 Å². The quantitative estimate of drug-likeness (QED) is 0.414. The molecule has 0 aromatic carbocycles. The normalized spacial score (nSPS) is 22.3. The van der Waals surface area contributed by atoms with Crippen molar-refractivity contribution in [3.63, 3.8) is 0 Å². The Kier molecular flexibility index (Phi) is 4.59. The number of likely N-dealkylation sites (N-methyl/N-ethyl adjacent to an activating group) is 1. The molecule has 1 saturated carbocycles. The lowest BCUT2D eigenvalue weighted by Crippen LogP contribution is -2.61. The van der Waals surface area contributed by atoms with Crippen LogP contribution in [0, 0.1) is 12.3 Å². The van der Waals surface area contributed by atoms with Crippen molar-refractivity contribution in [1.82, 2.24) is 10.3 Å². The molecular weight excluding hydrogens is 186 g/mol. The summed E-state index contributed by atoms with van der Waals surface area (Å²) in [5.74, 6) is 8.37. The summed E-state index contributed by atoms with van der Waals surface area (Å²) < 4.78 is 0. The SMILES string of the molecule is C#CCC(NN)C1(N(C)C)CCCCC1. The van der Waals surface area contributed by atoms with Crippen LogP contribution in [0.5, 0.6) is 0 Å². The van der Waals surface area contributed by atoms with Gasteiger partial charge in [-0.1, -0.05) is 19.3 Å². The van der Waals surface area contributed by atoms with Crippen LogP contribution in [0.1, 0.15) is 38.5 Å². The molecule has 3 N–H and O–H groups in total. The van der Waals surface area contributed by atoms with E-state index >= 15 is 0 Å². The predicted molar refractivity (Wildman–Crippen MR) is 64.1 cm³/mol. The summed E-state index contributed by atoms with van der Waals surface area (Å²) in [6.07, 6.45) is 12.4. The Bertz CT molecular complexity index is 224. The molecule has 1 unspecified atom stereocenters. The Morgan fingerprint density at radius 3 is 2.40 bits per heavy atom. The maximum absolute atomic E-state index is 5.64. The van der Waals surface area contributed by atoms with Gasteiger partial charge in [-0.3, -0.25) is 11.3 Å².